The summed E-state index contributed by atoms with van der Waals surface area (Å²) in [4.78, 5) is 22.9. The first kappa shape index (κ1) is 19.2. The van der Waals surface area contributed by atoms with Crippen LogP contribution in [-0.2, 0) is 19.1 Å². The Morgan fingerprint density at radius 3 is 1.72 bits per heavy atom. The molecular weight excluding hydrogens is 238 g/mol. The number of rotatable bonds is 3. The second-order valence-corrected chi connectivity index (χ2v) is 5.93. The fourth-order valence-electron chi connectivity index (χ4n) is 1.02. The van der Waals surface area contributed by atoms with Crippen LogP contribution in [0.1, 0.15) is 48.0 Å². The molecule has 0 bridgehead atoms. The van der Waals surface area contributed by atoms with Gasteiger partial charge in [-0.1, -0.05) is 0 Å². The largest absolute Gasteiger partial charge is 0.460 e. The Hall–Kier alpha value is -1.14. The Labute approximate surface area is 108 Å². The van der Waals surface area contributed by atoms with Crippen molar-refractivity contribution in [2.45, 2.75) is 65.2 Å². The minimum atomic E-state index is -0.982. The van der Waals surface area contributed by atoms with Gasteiger partial charge in [-0.3, -0.25) is 9.59 Å². The highest BCUT2D eigenvalue weighted by Gasteiger charge is 2.26. The summed E-state index contributed by atoms with van der Waals surface area (Å²) in [6, 6.07) is -0.982. The molecule has 0 spiro atoms. The van der Waals surface area contributed by atoms with E-state index in [9.17, 15) is 9.59 Å². The van der Waals surface area contributed by atoms with Crippen molar-refractivity contribution in [1.82, 2.24) is 0 Å². The summed E-state index contributed by atoms with van der Waals surface area (Å²) in [5.41, 5.74) is 4.38. The summed E-state index contributed by atoms with van der Waals surface area (Å²) in [7, 11) is 0. The van der Waals surface area contributed by atoms with E-state index in [1.54, 1.807) is 41.5 Å². The number of hydrogen-bond acceptors (Lipinski definition) is 5. The Morgan fingerprint density at radius 2 is 1.39 bits per heavy atom. The van der Waals surface area contributed by atoms with Crippen LogP contribution in [0.15, 0.2) is 0 Å². The van der Waals surface area contributed by atoms with E-state index in [0.29, 0.717) is 0 Å². The molecule has 0 heterocycles. The zero-order valence-electron chi connectivity index (χ0n) is 12.0. The van der Waals surface area contributed by atoms with E-state index in [1.807, 2.05) is 0 Å². The molecule has 0 aromatic rings. The molecule has 0 aliphatic heterocycles. The molecule has 1 atom stereocenters. The summed E-state index contributed by atoms with van der Waals surface area (Å²) < 4.78 is 10.1. The molecule has 0 aliphatic carbocycles. The monoisotopic (exact) mass is 263 g/mol. The molecule has 6 heteroatoms. The highest BCUT2D eigenvalue weighted by molar-refractivity contribution is 5.82. The molecule has 0 aromatic carbocycles. The molecule has 0 radical (unpaired) electrons. The lowest BCUT2D eigenvalue weighted by Gasteiger charge is -2.23. The van der Waals surface area contributed by atoms with Crippen molar-refractivity contribution in [2.24, 2.45) is 5.73 Å². The highest BCUT2D eigenvalue weighted by Crippen LogP contribution is 2.11. The van der Waals surface area contributed by atoms with Crippen LogP contribution in [0.3, 0.4) is 0 Å². The van der Waals surface area contributed by atoms with Crippen molar-refractivity contribution in [3.8, 4) is 0 Å². The molecule has 0 fully saturated rings. The number of ether oxygens (including phenoxy) is 2. The third-order valence-electron chi connectivity index (χ3n) is 1.52. The van der Waals surface area contributed by atoms with Gasteiger partial charge in [-0.2, -0.15) is 0 Å². The summed E-state index contributed by atoms with van der Waals surface area (Å²) >= 11 is 0. The zero-order chi connectivity index (χ0) is 13.9. The molecular formula is C12H25NO5. The van der Waals surface area contributed by atoms with Crippen molar-refractivity contribution in [2.75, 3.05) is 0 Å². The summed E-state index contributed by atoms with van der Waals surface area (Å²) in [5.74, 6) is -1.10. The van der Waals surface area contributed by atoms with Gasteiger partial charge in [0.25, 0.3) is 0 Å². The van der Waals surface area contributed by atoms with E-state index in [-0.39, 0.29) is 11.9 Å². The molecule has 0 aliphatic rings. The van der Waals surface area contributed by atoms with E-state index in [2.05, 4.69) is 0 Å². The first-order chi connectivity index (χ1) is 7.41. The molecule has 0 unspecified atom stereocenters. The van der Waals surface area contributed by atoms with E-state index < -0.39 is 29.2 Å². The van der Waals surface area contributed by atoms with Gasteiger partial charge in [-0.25, -0.2) is 0 Å². The van der Waals surface area contributed by atoms with Gasteiger partial charge in [-0.15, -0.1) is 0 Å². The second-order valence-electron chi connectivity index (χ2n) is 5.93. The number of esters is 2. The third kappa shape index (κ3) is 10.0. The van der Waals surface area contributed by atoms with Crippen LogP contribution in [0.5, 0.6) is 0 Å². The molecule has 0 saturated carbocycles. The minimum absolute atomic E-state index is 0. The first-order valence-electron chi connectivity index (χ1n) is 5.61. The maximum absolute atomic E-state index is 11.5. The Kier molecular flexibility index (Phi) is 7.15. The SMILES string of the molecule is CC(C)(C)OC(=O)C[C@H](N)C(=O)OC(C)(C)C.O. The van der Waals surface area contributed by atoms with Crippen LogP contribution in [0.2, 0.25) is 0 Å². The fraction of sp³-hybridized carbons (Fsp3) is 0.833. The van der Waals surface area contributed by atoms with Gasteiger partial charge in [0.2, 0.25) is 0 Å². The van der Waals surface area contributed by atoms with Gasteiger partial charge < -0.3 is 20.7 Å². The van der Waals surface area contributed by atoms with Crippen molar-refractivity contribution < 1.29 is 24.5 Å². The lowest BCUT2D eigenvalue weighted by atomic mass is 10.1. The summed E-state index contributed by atoms with van der Waals surface area (Å²) in [6.07, 6.45) is -0.174. The maximum atomic E-state index is 11.5. The Balaban J connectivity index is 0. The third-order valence-corrected chi connectivity index (χ3v) is 1.52. The molecule has 108 valence electrons. The smallest absolute Gasteiger partial charge is 0.324 e. The molecule has 18 heavy (non-hydrogen) atoms. The summed E-state index contributed by atoms with van der Waals surface area (Å²) in [5, 5.41) is 0. The van der Waals surface area contributed by atoms with Crippen LogP contribution < -0.4 is 5.73 Å². The summed E-state index contributed by atoms with van der Waals surface area (Å²) in [6.45, 7) is 10.5. The standard InChI is InChI=1S/C12H23NO4.H2O/c1-11(2,3)16-9(14)7-8(13)10(15)17-12(4,5)6;/h8H,7,13H2,1-6H3;1H2/t8-;/m0./s1. The zero-order valence-corrected chi connectivity index (χ0v) is 12.0. The van der Waals surface area contributed by atoms with Crippen molar-refractivity contribution in [1.29, 1.82) is 0 Å². The van der Waals surface area contributed by atoms with Crippen molar-refractivity contribution in [3.63, 3.8) is 0 Å². The Bertz CT molecular complexity index is 288. The van der Waals surface area contributed by atoms with Crippen LogP contribution in [-0.4, -0.2) is 34.7 Å². The van der Waals surface area contributed by atoms with Crippen LogP contribution in [0.4, 0.5) is 0 Å². The van der Waals surface area contributed by atoms with Gasteiger partial charge in [0, 0.05) is 0 Å². The lowest BCUT2D eigenvalue weighted by molar-refractivity contribution is -0.163. The predicted molar refractivity (Wildman–Crippen MR) is 67.9 cm³/mol. The quantitative estimate of drug-likeness (QED) is 0.748. The fourth-order valence-corrected chi connectivity index (χ4v) is 1.02. The van der Waals surface area contributed by atoms with E-state index >= 15 is 0 Å². The van der Waals surface area contributed by atoms with Crippen LogP contribution >= 0.6 is 0 Å². The average molecular weight is 263 g/mol. The molecule has 0 rings (SSSR count). The van der Waals surface area contributed by atoms with Crippen molar-refractivity contribution in [3.05, 3.63) is 0 Å². The topological polar surface area (TPSA) is 110 Å². The number of carbonyl (C=O) groups is 2. The van der Waals surface area contributed by atoms with Gasteiger partial charge in [-0.05, 0) is 41.5 Å². The predicted octanol–water partition coefficient (Wildman–Crippen LogP) is 0.562. The van der Waals surface area contributed by atoms with E-state index in [4.69, 9.17) is 15.2 Å². The second kappa shape index (κ2) is 6.70. The molecule has 4 N–H and O–H groups in total. The first-order valence-corrected chi connectivity index (χ1v) is 5.61. The lowest BCUT2D eigenvalue weighted by Crippen LogP contribution is -2.40. The normalized spacial score (nSPS) is 13.3. The van der Waals surface area contributed by atoms with Gasteiger partial charge in [0.15, 0.2) is 0 Å². The van der Waals surface area contributed by atoms with Gasteiger partial charge in [0.05, 0.1) is 6.42 Å². The van der Waals surface area contributed by atoms with E-state index in [0.717, 1.165) is 0 Å². The average Bonchev–Trinajstić information content (AvgIpc) is 1.95. The number of hydrogen-bond donors (Lipinski definition) is 1. The van der Waals surface area contributed by atoms with E-state index in [1.165, 1.54) is 0 Å². The number of nitrogens with two attached hydrogens (primary N) is 1. The molecule has 6 nitrogen and oxygen atoms in total. The van der Waals surface area contributed by atoms with Crippen molar-refractivity contribution >= 4 is 11.9 Å². The number of carbonyl (C=O) groups excluding carboxylic acids is 2. The molecule has 0 saturated heterocycles. The van der Waals surface area contributed by atoms with Crippen LogP contribution in [0, 0.1) is 0 Å². The molecule has 0 amide bonds. The minimum Gasteiger partial charge on any atom is -0.460 e. The Morgan fingerprint density at radius 1 is 1.00 bits per heavy atom. The van der Waals surface area contributed by atoms with Crippen LogP contribution in [0.25, 0.3) is 0 Å². The van der Waals surface area contributed by atoms with Gasteiger partial charge in [0.1, 0.15) is 17.2 Å². The maximum Gasteiger partial charge on any atom is 0.324 e. The molecule has 0 aromatic heterocycles. The highest BCUT2D eigenvalue weighted by atomic mass is 16.6. The van der Waals surface area contributed by atoms with Gasteiger partial charge >= 0.3 is 11.9 Å².